The second kappa shape index (κ2) is 3.87. The monoisotopic (exact) mass is 252 g/mol. The maximum Gasteiger partial charge on any atom is 0.271 e. The molecule has 6 heteroatoms. The third-order valence-corrected chi connectivity index (χ3v) is 2.04. The van der Waals surface area contributed by atoms with Gasteiger partial charge in [0.05, 0.1) is 11.6 Å². The van der Waals surface area contributed by atoms with Crippen molar-refractivity contribution in [3.8, 4) is 5.75 Å². The molecule has 0 unspecified atom stereocenters. The first-order valence-corrected chi connectivity index (χ1v) is 4.13. The quantitative estimate of drug-likeness (QED) is 0.880. The number of methoxy groups -OCH3 is 1. The van der Waals surface area contributed by atoms with Gasteiger partial charge in [0, 0.05) is 6.20 Å². The van der Waals surface area contributed by atoms with Crippen molar-refractivity contribution in [1.29, 1.82) is 0 Å². The van der Waals surface area contributed by atoms with Crippen molar-refractivity contribution >= 4 is 21.7 Å². The van der Waals surface area contributed by atoms with E-state index >= 15 is 0 Å². The zero-order valence-corrected chi connectivity index (χ0v) is 8.31. The molecular weight excluding hydrogens is 246 g/mol. The Morgan fingerprint density at radius 3 is 2.62 bits per heavy atom. The molecule has 0 radical (unpaired) electrons. The molecule has 1 aromatic rings. The van der Waals surface area contributed by atoms with E-state index in [0.717, 1.165) is 0 Å². The molecule has 0 fully saturated rings. The van der Waals surface area contributed by atoms with Gasteiger partial charge in [0.1, 0.15) is 17.1 Å². The molecule has 1 rings (SSSR count). The number of halogens is 3. The van der Waals surface area contributed by atoms with E-state index in [0.29, 0.717) is 4.47 Å². The van der Waals surface area contributed by atoms with Gasteiger partial charge < -0.3 is 10.5 Å². The van der Waals surface area contributed by atoms with E-state index in [2.05, 4.69) is 20.9 Å². The maximum absolute atomic E-state index is 12.4. The van der Waals surface area contributed by atoms with Crippen LogP contribution in [0, 0.1) is 0 Å². The van der Waals surface area contributed by atoms with Crippen LogP contribution < -0.4 is 10.5 Å². The summed E-state index contributed by atoms with van der Waals surface area (Å²) in [6.07, 6.45) is -1.38. The molecule has 0 bridgehead atoms. The van der Waals surface area contributed by atoms with Crippen LogP contribution >= 0.6 is 15.9 Å². The van der Waals surface area contributed by atoms with Crippen LogP contribution in [0.2, 0.25) is 0 Å². The predicted molar refractivity (Wildman–Crippen MR) is 47.9 cm³/mol. The van der Waals surface area contributed by atoms with Gasteiger partial charge in [-0.1, -0.05) is 0 Å². The van der Waals surface area contributed by atoms with Crippen molar-refractivity contribution in [2.75, 3.05) is 12.8 Å². The van der Waals surface area contributed by atoms with Crippen molar-refractivity contribution in [3.63, 3.8) is 0 Å². The van der Waals surface area contributed by atoms with Crippen LogP contribution in [0.5, 0.6) is 5.75 Å². The molecule has 72 valence electrons. The van der Waals surface area contributed by atoms with Gasteiger partial charge in [-0.05, 0) is 15.9 Å². The van der Waals surface area contributed by atoms with Gasteiger partial charge in [0.25, 0.3) is 6.43 Å². The van der Waals surface area contributed by atoms with Crippen LogP contribution in [0.3, 0.4) is 0 Å². The lowest BCUT2D eigenvalue weighted by Gasteiger charge is -2.10. The maximum atomic E-state index is 12.4. The second-order valence-corrected chi connectivity index (χ2v) is 3.09. The van der Waals surface area contributed by atoms with Gasteiger partial charge in [-0.25, -0.2) is 13.8 Å². The van der Waals surface area contributed by atoms with Crippen molar-refractivity contribution < 1.29 is 13.5 Å². The summed E-state index contributed by atoms with van der Waals surface area (Å²) in [5.41, 5.74) is 4.90. The van der Waals surface area contributed by atoms with Crippen LogP contribution in [-0.4, -0.2) is 12.1 Å². The lowest BCUT2D eigenvalue weighted by Crippen LogP contribution is -2.02. The average Bonchev–Trinajstić information content (AvgIpc) is 2.07. The van der Waals surface area contributed by atoms with E-state index in [9.17, 15) is 8.78 Å². The Labute approximate surface area is 82.0 Å². The van der Waals surface area contributed by atoms with Crippen LogP contribution in [0.1, 0.15) is 12.0 Å². The number of hydrogen-bond donors (Lipinski definition) is 1. The Bertz CT molecular complexity index is 320. The van der Waals surface area contributed by atoms with Gasteiger partial charge >= 0.3 is 0 Å². The summed E-state index contributed by atoms with van der Waals surface area (Å²) < 4.78 is 30.0. The topological polar surface area (TPSA) is 48.1 Å². The zero-order chi connectivity index (χ0) is 10.0. The van der Waals surface area contributed by atoms with E-state index in [1.54, 1.807) is 0 Å². The first-order valence-electron chi connectivity index (χ1n) is 3.34. The molecule has 0 aliphatic carbocycles. The molecule has 0 amide bonds. The molecule has 0 saturated carbocycles. The summed E-state index contributed by atoms with van der Waals surface area (Å²) in [5, 5.41) is 0. The SMILES string of the molecule is COc1c(Br)cnc(N)c1C(F)F. The van der Waals surface area contributed by atoms with E-state index in [1.165, 1.54) is 13.3 Å². The molecule has 2 N–H and O–H groups in total. The molecule has 13 heavy (non-hydrogen) atoms. The molecule has 0 aromatic carbocycles. The Balaban J connectivity index is 3.35. The number of pyridine rings is 1. The van der Waals surface area contributed by atoms with Gasteiger partial charge in [-0.15, -0.1) is 0 Å². The van der Waals surface area contributed by atoms with E-state index < -0.39 is 6.43 Å². The lowest BCUT2D eigenvalue weighted by atomic mass is 10.2. The van der Waals surface area contributed by atoms with Crippen LogP contribution in [-0.2, 0) is 0 Å². The number of nitrogen functional groups attached to an aromatic ring is 1. The fourth-order valence-electron chi connectivity index (χ4n) is 0.918. The summed E-state index contributed by atoms with van der Waals surface area (Å²) in [5.74, 6) is -0.183. The fourth-order valence-corrected chi connectivity index (χ4v) is 1.40. The highest BCUT2D eigenvalue weighted by Gasteiger charge is 2.20. The Morgan fingerprint density at radius 2 is 2.23 bits per heavy atom. The molecular formula is C7H7BrF2N2O. The number of hydrogen-bond acceptors (Lipinski definition) is 3. The minimum Gasteiger partial charge on any atom is -0.495 e. The minimum absolute atomic E-state index is 0.0301. The van der Waals surface area contributed by atoms with Crippen molar-refractivity contribution in [3.05, 3.63) is 16.2 Å². The standard InChI is InChI=1S/C7H7BrF2N2O/c1-13-5-3(8)2-12-7(11)4(5)6(9)10/h2,6H,1H3,(H2,11,12). The molecule has 0 aliphatic heterocycles. The molecule has 1 heterocycles. The molecule has 1 aromatic heterocycles. The van der Waals surface area contributed by atoms with Crippen LogP contribution in [0.15, 0.2) is 10.7 Å². The van der Waals surface area contributed by atoms with Crippen LogP contribution in [0.25, 0.3) is 0 Å². The number of anilines is 1. The van der Waals surface area contributed by atoms with E-state index in [1.807, 2.05) is 0 Å². The number of alkyl halides is 2. The molecule has 0 saturated heterocycles. The zero-order valence-electron chi connectivity index (χ0n) is 6.72. The largest absolute Gasteiger partial charge is 0.495 e. The first kappa shape index (κ1) is 10.2. The highest BCUT2D eigenvalue weighted by atomic mass is 79.9. The minimum atomic E-state index is -2.69. The third kappa shape index (κ3) is 1.88. The van der Waals surface area contributed by atoms with E-state index in [-0.39, 0.29) is 17.1 Å². The number of nitrogens with zero attached hydrogens (tertiary/aromatic N) is 1. The molecule has 0 atom stereocenters. The highest BCUT2D eigenvalue weighted by molar-refractivity contribution is 9.10. The Morgan fingerprint density at radius 1 is 1.62 bits per heavy atom. The summed E-state index contributed by atoms with van der Waals surface area (Å²) in [7, 11) is 1.30. The average molecular weight is 253 g/mol. The number of ether oxygens (including phenoxy) is 1. The molecule has 3 nitrogen and oxygen atoms in total. The summed E-state index contributed by atoms with van der Waals surface area (Å²) in [6.45, 7) is 0. The highest BCUT2D eigenvalue weighted by Crippen LogP contribution is 2.37. The predicted octanol–water partition coefficient (Wildman–Crippen LogP) is 2.37. The number of aromatic nitrogens is 1. The first-order chi connectivity index (χ1) is 6.07. The van der Waals surface area contributed by atoms with E-state index in [4.69, 9.17) is 10.5 Å². The number of rotatable bonds is 2. The van der Waals surface area contributed by atoms with Crippen molar-refractivity contribution in [2.24, 2.45) is 0 Å². The normalized spacial score (nSPS) is 10.5. The summed E-state index contributed by atoms with van der Waals surface area (Å²) in [4.78, 5) is 3.58. The summed E-state index contributed by atoms with van der Waals surface area (Å²) in [6, 6.07) is 0. The molecule has 0 aliphatic rings. The van der Waals surface area contributed by atoms with Crippen molar-refractivity contribution in [2.45, 2.75) is 6.43 Å². The van der Waals surface area contributed by atoms with Gasteiger partial charge in [0.15, 0.2) is 0 Å². The second-order valence-electron chi connectivity index (χ2n) is 2.24. The smallest absolute Gasteiger partial charge is 0.271 e. The van der Waals surface area contributed by atoms with Crippen molar-refractivity contribution in [1.82, 2.24) is 4.98 Å². The van der Waals surface area contributed by atoms with Gasteiger partial charge in [0.2, 0.25) is 0 Å². The van der Waals surface area contributed by atoms with Gasteiger partial charge in [-0.2, -0.15) is 0 Å². The summed E-state index contributed by atoms with van der Waals surface area (Å²) >= 11 is 3.03. The lowest BCUT2D eigenvalue weighted by molar-refractivity contribution is 0.147. The Kier molecular flexibility index (Phi) is 3.02. The Hall–Kier alpha value is -0.910. The third-order valence-electron chi connectivity index (χ3n) is 1.48. The van der Waals surface area contributed by atoms with Crippen LogP contribution in [0.4, 0.5) is 14.6 Å². The fraction of sp³-hybridized carbons (Fsp3) is 0.286. The molecule has 0 spiro atoms. The number of nitrogens with two attached hydrogens (primary N) is 1. The van der Waals surface area contributed by atoms with Gasteiger partial charge in [-0.3, -0.25) is 0 Å².